The van der Waals surface area contributed by atoms with Gasteiger partial charge >= 0.3 is 0 Å². The number of nitrogens with zero attached hydrogens (tertiary/aromatic N) is 3. The van der Waals surface area contributed by atoms with Gasteiger partial charge in [0, 0.05) is 13.1 Å². The second kappa shape index (κ2) is 4.49. The van der Waals surface area contributed by atoms with Crippen LogP contribution < -0.4 is 5.32 Å². The van der Waals surface area contributed by atoms with Crippen molar-refractivity contribution in [1.29, 1.82) is 0 Å². The second-order valence-electron chi connectivity index (χ2n) is 5.55. The second-order valence-corrected chi connectivity index (χ2v) is 5.55. The normalized spacial score (nSPS) is 19.2. The van der Waals surface area contributed by atoms with Gasteiger partial charge in [-0.05, 0) is 44.2 Å². The van der Waals surface area contributed by atoms with Crippen molar-refractivity contribution in [2.45, 2.75) is 38.8 Å². The van der Waals surface area contributed by atoms with E-state index in [1.54, 1.807) is 6.39 Å². The molecule has 1 aliphatic carbocycles. The first-order valence-electron chi connectivity index (χ1n) is 7.10. The Balaban J connectivity index is 1.66. The Labute approximate surface area is 112 Å². The summed E-state index contributed by atoms with van der Waals surface area (Å²) in [5.74, 6) is 1.68. The molecule has 2 aliphatic rings. The molecule has 0 aromatic carbocycles. The number of hydrogen-bond donors (Lipinski definition) is 1. The minimum atomic E-state index is 0.811. The fourth-order valence-electron chi connectivity index (χ4n) is 2.69. The molecule has 19 heavy (non-hydrogen) atoms. The molecular weight excluding hydrogens is 240 g/mol. The Morgan fingerprint density at radius 1 is 1.42 bits per heavy atom. The van der Waals surface area contributed by atoms with Gasteiger partial charge in [0.05, 0.1) is 11.4 Å². The van der Waals surface area contributed by atoms with Crippen molar-refractivity contribution in [3.8, 4) is 11.5 Å². The van der Waals surface area contributed by atoms with Gasteiger partial charge in [0.1, 0.15) is 5.69 Å². The van der Waals surface area contributed by atoms with Crippen molar-refractivity contribution < 1.29 is 4.42 Å². The largest absolute Gasteiger partial charge is 0.441 e. The fraction of sp³-hybridized carbons (Fsp3) is 0.571. The Morgan fingerprint density at radius 3 is 3.26 bits per heavy atom. The lowest BCUT2D eigenvalue weighted by molar-refractivity contribution is 0.557. The Morgan fingerprint density at radius 2 is 2.37 bits per heavy atom. The highest BCUT2D eigenvalue weighted by Gasteiger charge is 2.26. The van der Waals surface area contributed by atoms with E-state index < -0.39 is 0 Å². The molecule has 0 unspecified atom stereocenters. The molecule has 0 atom stereocenters. The van der Waals surface area contributed by atoms with E-state index in [0.717, 1.165) is 55.5 Å². The van der Waals surface area contributed by atoms with E-state index >= 15 is 0 Å². The lowest BCUT2D eigenvalue weighted by Gasteiger charge is -1.99. The molecule has 0 radical (unpaired) electrons. The van der Waals surface area contributed by atoms with Crippen molar-refractivity contribution in [3.05, 3.63) is 23.8 Å². The summed E-state index contributed by atoms with van der Waals surface area (Å²) in [6.07, 6.45) is 6.37. The molecule has 1 fully saturated rings. The van der Waals surface area contributed by atoms with Gasteiger partial charge in [0.15, 0.2) is 12.2 Å². The van der Waals surface area contributed by atoms with E-state index in [1.807, 2.05) is 0 Å². The molecule has 2 aromatic heterocycles. The lowest BCUT2D eigenvalue weighted by atomic mass is 10.1. The highest BCUT2D eigenvalue weighted by Crippen LogP contribution is 2.35. The topological polar surface area (TPSA) is 55.9 Å². The van der Waals surface area contributed by atoms with Crippen molar-refractivity contribution in [3.63, 3.8) is 0 Å². The third-order valence-corrected chi connectivity index (χ3v) is 3.95. The summed E-state index contributed by atoms with van der Waals surface area (Å²) in [5.41, 5.74) is 3.25. The van der Waals surface area contributed by atoms with E-state index in [0.29, 0.717) is 0 Å². The maximum atomic E-state index is 5.58. The summed E-state index contributed by atoms with van der Waals surface area (Å²) in [4.78, 5) is 4.37. The Kier molecular flexibility index (Phi) is 2.65. The average molecular weight is 258 g/mol. The van der Waals surface area contributed by atoms with Gasteiger partial charge in [0.2, 0.25) is 0 Å². The number of fused-ring (bicyclic) bond motifs is 1. The van der Waals surface area contributed by atoms with Gasteiger partial charge in [-0.15, -0.1) is 0 Å². The highest BCUT2D eigenvalue weighted by molar-refractivity contribution is 5.55. The number of oxazole rings is 1. The summed E-state index contributed by atoms with van der Waals surface area (Å²) in [6, 6.07) is 2.13. The molecule has 5 heteroatoms. The zero-order chi connectivity index (χ0) is 12.7. The molecule has 2 aromatic rings. The standard InChI is InChI=1S/C14H18N4O/c1-4-15-8-11-7-13(17-18(11)5-1)14-12(16-9-19-14)6-10-2-3-10/h7,9-10,15H,1-6,8H2. The monoisotopic (exact) mass is 258 g/mol. The van der Waals surface area contributed by atoms with Crippen LogP contribution in [0.2, 0.25) is 0 Å². The van der Waals surface area contributed by atoms with Crippen LogP contribution in [0.25, 0.3) is 11.5 Å². The first-order valence-corrected chi connectivity index (χ1v) is 7.10. The minimum absolute atomic E-state index is 0.811. The van der Waals surface area contributed by atoms with Crippen LogP contribution in [0.4, 0.5) is 0 Å². The summed E-state index contributed by atoms with van der Waals surface area (Å²) in [6.45, 7) is 2.93. The van der Waals surface area contributed by atoms with Crippen molar-refractivity contribution in [1.82, 2.24) is 20.1 Å². The van der Waals surface area contributed by atoms with Gasteiger partial charge in [0.25, 0.3) is 0 Å². The molecule has 3 heterocycles. The maximum absolute atomic E-state index is 5.58. The van der Waals surface area contributed by atoms with Crippen LogP contribution in [0.1, 0.15) is 30.7 Å². The number of aryl methyl sites for hydroxylation is 1. The van der Waals surface area contributed by atoms with E-state index in [1.165, 1.54) is 18.5 Å². The predicted octanol–water partition coefficient (Wildman–Crippen LogP) is 1.98. The lowest BCUT2D eigenvalue weighted by Crippen LogP contribution is -2.11. The van der Waals surface area contributed by atoms with Crippen LogP contribution in [0.3, 0.4) is 0 Å². The molecule has 0 amide bonds. The number of rotatable bonds is 3. The molecule has 0 saturated heterocycles. The fourth-order valence-corrected chi connectivity index (χ4v) is 2.69. The van der Waals surface area contributed by atoms with E-state index in [4.69, 9.17) is 4.42 Å². The van der Waals surface area contributed by atoms with Crippen molar-refractivity contribution >= 4 is 0 Å². The number of nitrogens with one attached hydrogen (secondary N) is 1. The molecule has 1 saturated carbocycles. The highest BCUT2D eigenvalue weighted by atomic mass is 16.3. The van der Waals surface area contributed by atoms with Crippen LogP contribution in [-0.2, 0) is 19.5 Å². The average Bonchev–Trinajstić information content (AvgIpc) is 3.03. The van der Waals surface area contributed by atoms with Crippen LogP contribution in [0.5, 0.6) is 0 Å². The zero-order valence-electron chi connectivity index (χ0n) is 10.9. The van der Waals surface area contributed by atoms with Gasteiger partial charge in [-0.25, -0.2) is 4.98 Å². The molecule has 5 nitrogen and oxygen atoms in total. The van der Waals surface area contributed by atoms with E-state index in [2.05, 4.69) is 26.1 Å². The van der Waals surface area contributed by atoms with Crippen LogP contribution in [0.15, 0.2) is 16.9 Å². The SMILES string of the molecule is c1nc(CC2CC2)c(-c2cc3n(n2)CCCNC3)o1. The van der Waals surface area contributed by atoms with Gasteiger partial charge in [-0.2, -0.15) is 5.10 Å². The van der Waals surface area contributed by atoms with E-state index in [-0.39, 0.29) is 0 Å². The quantitative estimate of drug-likeness (QED) is 0.914. The first-order chi connectivity index (χ1) is 9.40. The summed E-state index contributed by atoms with van der Waals surface area (Å²) in [5, 5.41) is 8.10. The Bertz CT molecular complexity index is 559. The van der Waals surface area contributed by atoms with Crippen LogP contribution in [0, 0.1) is 5.92 Å². The molecule has 100 valence electrons. The number of aromatic nitrogens is 3. The predicted molar refractivity (Wildman–Crippen MR) is 70.5 cm³/mol. The molecular formula is C14H18N4O. The smallest absolute Gasteiger partial charge is 0.181 e. The van der Waals surface area contributed by atoms with E-state index in [9.17, 15) is 0 Å². The van der Waals surface area contributed by atoms with Gasteiger partial charge in [-0.1, -0.05) is 0 Å². The maximum Gasteiger partial charge on any atom is 0.181 e. The van der Waals surface area contributed by atoms with Crippen LogP contribution >= 0.6 is 0 Å². The summed E-state index contributed by atoms with van der Waals surface area (Å²) in [7, 11) is 0. The first kappa shape index (κ1) is 11.2. The zero-order valence-corrected chi connectivity index (χ0v) is 10.9. The summed E-state index contributed by atoms with van der Waals surface area (Å²) < 4.78 is 7.68. The Hall–Kier alpha value is -1.62. The number of hydrogen-bond acceptors (Lipinski definition) is 4. The molecule has 4 rings (SSSR count). The molecule has 0 spiro atoms. The van der Waals surface area contributed by atoms with Crippen LogP contribution in [-0.4, -0.2) is 21.3 Å². The van der Waals surface area contributed by atoms with Crippen molar-refractivity contribution in [2.24, 2.45) is 5.92 Å². The molecule has 1 aliphatic heterocycles. The molecule has 1 N–H and O–H groups in total. The summed E-state index contributed by atoms with van der Waals surface area (Å²) >= 11 is 0. The molecule has 0 bridgehead atoms. The van der Waals surface area contributed by atoms with Gasteiger partial charge < -0.3 is 9.73 Å². The minimum Gasteiger partial charge on any atom is -0.441 e. The van der Waals surface area contributed by atoms with Crippen molar-refractivity contribution in [2.75, 3.05) is 6.54 Å². The third kappa shape index (κ3) is 2.18. The van der Waals surface area contributed by atoms with Gasteiger partial charge in [-0.3, -0.25) is 4.68 Å². The third-order valence-electron chi connectivity index (χ3n) is 3.95.